The average molecular weight is 358 g/mol. The van der Waals surface area contributed by atoms with Gasteiger partial charge in [-0.05, 0) is 35.4 Å². The molecule has 0 aliphatic heterocycles. The molecule has 0 aliphatic rings. The Morgan fingerprint density at radius 2 is 1.19 bits per heavy atom. The third-order valence-electron chi connectivity index (χ3n) is 4.84. The highest BCUT2D eigenvalue weighted by Crippen LogP contribution is 2.32. The summed E-state index contributed by atoms with van der Waals surface area (Å²) in [4.78, 5) is 6.70. The lowest BCUT2D eigenvalue weighted by atomic mass is 9.93. The van der Waals surface area contributed by atoms with Gasteiger partial charge in [-0.1, -0.05) is 60.7 Å². The number of aromatic nitrogens is 2. The second-order valence-corrected chi connectivity index (χ2v) is 6.62. The molecule has 2 atom stereocenters. The summed E-state index contributed by atoms with van der Waals surface area (Å²) in [6.07, 6.45) is -0.701. The highest BCUT2D eigenvalue weighted by Gasteiger charge is 2.21. The molecule has 2 aromatic carbocycles. The fourth-order valence-electron chi connectivity index (χ4n) is 3.46. The molecule has 4 aromatic rings. The van der Waals surface area contributed by atoms with Gasteiger partial charge in [0.2, 0.25) is 0 Å². The quantitative estimate of drug-likeness (QED) is 0.419. The van der Waals surface area contributed by atoms with Gasteiger partial charge in [-0.25, -0.2) is 0 Å². The number of aliphatic hydroxyl groups is 2. The van der Waals surface area contributed by atoms with Gasteiger partial charge in [0, 0.05) is 22.8 Å². The largest absolute Gasteiger partial charge is 0.390 e. The van der Waals surface area contributed by atoms with Crippen LogP contribution in [0.1, 0.15) is 45.9 Å². The van der Waals surface area contributed by atoms with E-state index in [0.717, 1.165) is 33.9 Å². The van der Waals surface area contributed by atoms with Crippen LogP contribution in [0, 0.1) is 0 Å². The molecular formula is C23H22N2O2. The second kappa shape index (κ2) is 7.66. The number of nitrogens with one attached hydrogen (secondary N) is 2. The van der Waals surface area contributed by atoms with Crippen molar-refractivity contribution in [2.45, 2.75) is 18.6 Å². The van der Waals surface area contributed by atoms with Crippen molar-refractivity contribution in [2.75, 3.05) is 0 Å². The van der Waals surface area contributed by atoms with Crippen LogP contribution in [0.2, 0.25) is 0 Å². The lowest BCUT2D eigenvalue weighted by Crippen LogP contribution is -2.06. The zero-order valence-corrected chi connectivity index (χ0v) is 14.8. The van der Waals surface area contributed by atoms with E-state index in [1.54, 1.807) is 0 Å². The minimum atomic E-state index is -0.701. The summed E-state index contributed by atoms with van der Waals surface area (Å²) in [6, 6.07) is 27.6. The number of rotatable bonds is 6. The zero-order chi connectivity index (χ0) is 18.6. The fourth-order valence-corrected chi connectivity index (χ4v) is 3.46. The number of benzene rings is 2. The van der Waals surface area contributed by atoms with Crippen molar-refractivity contribution in [3.05, 3.63) is 119 Å². The Labute approximate surface area is 158 Å². The number of H-pyrrole nitrogens is 2. The molecular weight excluding hydrogens is 336 g/mol. The monoisotopic (exact) mass is 358 g/mol. The molecule has 0 saturated heterocycles. The predicted molar refractivity (Wildman–Crippen MR) is 105 cm³/mol. The first-order chi connectivity index (χ1) is 13.3. The maximum absolute atomic E-state index is 10.7. The van der Waals surface area contributed by atoms with Crippen LogP contribution in [-0.2, 0) is 6.61 Å². The molecule has 0 radical (unpaired) electrons. The number of hydrogen-bond acceptors (Lipinski definition) is 2. The Morgan fingerprint density at radius 1 is 0.630 bits per heavy atom. The van der Waals surface area contributed by atoms with Gasteiger partial charge >= 0.3 is 0 Å². The van der Waals surface area contributed by atoms with Crippen LogP contribution in [0.3, 0.4) is 0 Å². The molecule has 4 N–H and O–H groups in total. The summed E-state index contributed by atoms with van der Waals surface area (Å²) in [5.41, 5.74) is 5.49. The van der Waals surface area contributed by atoms with Gasteiger partial charge in [0.25, 0.3) is 0 Å². The number of aliphatic hydroxyl groups excluding tert-OH is 2. The van der Waals surface area contributed by atoms with Crippen molar-refractivity contribution in [3.8, 4) is 0 Å². The van der Waals surface area contributed by atoms with Crippen LogP contribution in [0.15, 0.2) is 84.9 Å². The molecule has 136 valence electrons. The van der Waals surface area contributed by atoms with Crippen molar-refractivity contribution in [3.63, 3.8) is 0 Å². The van der Waals surface area contributed by atoms with Crippen molar-refractivity contribution < 1.29 is 10.2 Å². The van der Waals surface area contributed by atoms with Crippen LogP contribution < -0.4 is 0 Å². The fraction of sp³-hybridized carbons (Fsp3) is 0.130. The van der Waals surface area contributed by atoms with Crippen molar-refractivity contribution >= 4 is 0 Å². The van der Waals surface area contributed by atoms with Gasteiger partial charge in [0.15, 0.2) is 0 Å². The third kappa shape index (κ3) is 3.58. The molecule has 0 spiro atoms. The minimum absolute atomic E-state index is 0.0236. The molecule has 4 heteroatoms. The van der Waals surface area contributed by atoms with E-state index in [4.69, 9.17) is 0 Å². The van der Waals surface area contributed by atoms with E-state index in [2.05, 4.69) is 22.1 Å². The first-order valence-corrected chi connectivity index (χ1v) is 9.01. The van der Waals surface area contributed by atoms with Crippen LogP contribution in [-0.4, -0.2) is 20.2 Å². The summed E-state index contributed by atoms with van der Waals surface area (Å²) in [7, 11) is 0. The highest BCUT2D eigenvalue weighted by molar-refractivity contribution is 5.40. The van der Waals surface area contributed by atoms with E-state index in [0.29, 0.717) is 0 Å². The molecule has 0 fully saturated rings. The zero-order valence-electron chi connectivity index (χ0n) is 14.8. The Bertz CT molecular complexity index is 989. The summed E-state index contributed by atoms with van der Waals surface area (Å²) in [5, 5.41) is 20.1. The summed E-state index contributed by atoms with van der Waals surface area (Å²) < 4.78 is 0. The SMILES string of the molecule is OCc1ccc(C(c2ccccc2)c2ccc(C(O)c3ccccc3)[nH]2)[nH]1. The molecule has 0 saturated carbocycles. The predicted octanol–water partition coefficient (Wildman–Crippen LogP) is 4.10. The molecule has 0 amide bonds. The smallest absolute Gasteiger partial charge is 0.119 e. The summed E-state index contributed by atoms with van der Waals surface area (Å²) in [6.45, 7) is -0.0236. The Kier molecular flexibility index (Phi) is 4.92. The van der Waals surface area contributed by atoms with Gasteiger partial charge < -0.3 is 20.2 Å². The standard InChI is InChI=1S/C23H22N2O2/c26-15-18-11-12-19(24-18)22(16-7-3-1-4-8-16)20-13-14-21(25-20)23(27)17-9-5-2-6-10-17/h1-14,22-27H,15H2. The van der Waals surface area contributed by atoms with E-state index in [1.807, 2.05) is 72.8 Å². The maximum Gasteiger partial charge on any atom is 0.119 e. The lowest BCUT2D eigenvalue weighted by Gasteiger charge is -2.16. The van der Waals surface area contributed by atoms with E-state index in [1.165, 1.54) is 0 Å². The summed E-state index contributed by atoms with van der Waals surface area (Å²) >= 11 is 0. The number of aromatic amines is 2. The van der Waals surface area contributed by atoms with Gasteiger partial charge in [0.1, 0.15) is 6.10 Å². The Hall–Kier alpha value is -3.08. The molecule has 0 bridgehead atoms. The Balaban J connectivity index is 1.72. The van der Waals surface area contributed by atoms with E-state index in [-0.39, 0.29) is 12.5 Å². The molecule has 0 aliphatic carbocycles. The molecule has 2 heterocycles. The van der Waals surface area contributed by atoms with Crippen LogP contribution in [0.4, 0.5) is 0 Å². The second-order valence-electron chi connectivity index (χ2n) is 6.62. The van der Waals surface area contributed by atoms with Crippen molar-refractivity contribution in [1.82, 2.24) is 9.97 Å². The molecule has 2 unspecified atom stereocenters. The summed E-state index contributed by atoms with van der Waals surface area (Å²) in [5.74, 6) is -0.0387. The van der Waals surface area contributed by atoms with E-state index >= 15 is 0 Å². The normalized spacial score (nSPS) is 13.4. The molecule has 4 nitrogen and oxygen atoms in total. The third-order valence-corrected chi connectivity index (χ3v) is 4.84. The van der Waals surface area contributed by atoms with Crippen LogP contribution in [0.5, 0.6) is 0 Å². The van der Waals surface area contributed by atoms with Gasteiger partial charge in [-0.3, -0.25) is 0 Å². The average Bonchev–Trinajstić information content (AvgIpc) is 3.39. The van der Waals surface area contributed by atoms with Crippen molar-refractivity contribution in [2.24, 2.45) is 0 Å². The van der Waals surface area contributed by atoms with Gasteiger partial charge in [-0.2, -0.15) is 0 Å². The van der Waals surface area contributed by atoms with Gasteiger partial charge in [0.05, 0.1) is 12.5 Å². The van der Waals surface area contributed by atoms with Crippen LogP contribution in [0.25, 0.3) is 0 Å². The van der Waals surface area contributed by atoms with E-state index in [9.17, 15) is 10.2 Å². The first-order valence-electron chi connectivity index (χ1n) is 9.01. The van der Waals surface area contributed by atoms with E-state index < -0.39 is 6.10 Å². The van der Waals surface area contributed by atoms with Crippen LogP contribution >= 0.6 is 0 Å². The molecule has 4 rings (SSSR count). The lowest BCUT2D eigenvalue weighted by molar-refractivity contribution is 0.216. The molecule has 27 heavy (non-hydrogen) atoms. The van der Waals surface area contributed by atoms with Gasteiger partial charge in [-0.15, -0.1) is 0 Å². The van der Waals surface area contributed by atoms with Crippen molar-refractivity contribution in [1.29, 1.82) is 0 Å². The molecule has 2 aromatic heterocycles. The Morgan fingerprint density at radius 3 is 1.81 bits per heavy atom. The topological polar surface area (TPSA) is 72.0 Å². The number of hydrogen-bond donors (Lipinski definition) is 4. The minimum Gasteiger partial charge on any atom is -0.390 e. The maximum atomic E-state index is 10.7. The first kappa shape index (κ1) is 17.3. The highest BCUT2D eigenvalue weighted by atomic mass is 16.3.